The van der Waals surface area contributed by atoms with Gasteiger partial charge in [0.2, 0.25) is 0 Å². The van der Waals surface area contributed by atoms with Crippen LogP contribution in [0.2, 0.25) is 10.0 Å². The minimum Gasteiger partial charge on any atom is -0.464 e. The van der Waals surface area contributed by atoms with E-state index in [-0.39, 0.29) is 12.2 Å². The first kappa shape index (κ1) is 17.3. The number of fused-ring (bicyclic) bond motifs is 1. The standard InChI is InChI=1S/C18H15Cl2N3O2/c1-25-18(24)16(21)15-9-22-17(11-4-2-3-5-13(11)20)12-8-10(19)6-7-14(12)23-15/h2-8,23H,9,21H2,1H3. The van der Waals surface area contributed by atoms with Gasteiger partial charge in [-0.1, -0.05) is 41.4 Å². The maximum atomic E-state index is 11.8. The van der Waals surface area contributed by atoms with Crippen LogP contribution >= 0.6 is 23.2 Å². The molecule has 0 unspecified atom stereocenters. The monoisotopic (exact) mass is 375 g/mol. The number of hydrogen-bond donors (Lipinski definition) is 2. The van der Waals surface area contributed by atoms with Crippen molar-refractivity contribution in [1.29, 1.82) is 0 Å². The molecule has 3 N–H and O–H groups in total. The molecule has 7 heteroatoms. The van der Waals surface area contributed by atoms with Crippen LogP contribution in [-0.2, 0) is 9.53 Å². The van der Waals surface area contributed by atoms with Crippen molar-refractivity contribution in [2.45, 2.75) is 0 Å². The number of esters is 1. The Morgan fingerprint density at radius 2 is 1.96 bits per heavy atom. The molecule has 0 aromatic heterocycles. The highest BCUT2D eigenvalue weighted by Gasteiger charge is 2.21. The molecule has 0 aliphatic carbocycles. The number of nitrogens with zero attached hydrogens (tertiary/aromatic N) is 1. The number of benzene rings is 2. The summed E-state index contributed by atoms with van der Waals surface area (Å²) in [5.41, 5.74) is 9.27. The highest BCUT2D eigenvalue weighted by molar-refractivity contribution is 6.36. The summed E-state index contributed by atoms with van der Waals surface area (Å²) in [5, 5.41) is 4.29. The Morgan fingerprint density at radius 1 is 1.20 bits per heavy atom. The molecule has 25 heavy (non-hydrogen) atoms. The number of carbonyl (C=O) groups is 1. The number of anilines is 1. The Labute approximate surface area is 155 Å². The maximum Gasteiger partial charge on any atom is 0.355 e. The molecule has 1 aliphatic rings. The normalized spacial score (nSPS) is 15.4. The molecule has 0 atom stereocenters. The van der Waals surface area contributed by atoms with Gasteiger partial charge >= 0.3 is 5.97 Å². The Kier molecular flexibility index (Phi) is 4.97. The van der Waals surface area contributed by atoms with E-state index < -0.39 is 5.97 Å². The number of nitrogens with two attached hydrogens (primary N) is 1. The first-order valence-corrected chi connectivity index (χ1v) is 8.20. The van der Waals surface area contributed by atoms with E-state index in [1.165, 1.54) is 7.11 Å². The molecule has 0 amide bonds. The van der Waals surface area contributed by atoms with Crippen LogP contribution < -0.4 is 11.1 Å². The minimum absolute atomic E-state index is 0.0208. The molecule has 2 aromatic carbocycles. The van der Waals surface area contributed by atoms with E-state index >= 15 is 0 Å². The average molecular weight is 376 g/mol. The average Bonchev–Trinajstić information content (AvgIpc) is 2.80. The SMILES string of the molecule is COC(=O)C(N)=C1CN=C(c2ccccc2Cl)c2cc(Cl)ccc2N1. The van der Waals surface area contributed by atoms with Crippen LogP contribution in [-0.4, -0.2) is 25.3 Å². The minimum atomic E-state index is -0.616. The van der Waals surface area contributed by atoms with Crippen molar-refractivity contribution < 1.29 is 9.53 Å². The molecule has 3 rings (SSSR count). The highest BCUT2D eigenvalue weighted by atomic mass is 35.5. The van der Waals surface area contributed by atoms with Crippen LogP contribution in [0.25, 0.3) is 0 Å². The summed E-state index contributed by atoms with van der Waals surface area (Å²) >= 11 is 12.5. The Morgan fingerprint density at radius 3 is 2.68 bits per heavy atom. The molecule has 0 fully saturated rings. The van der Waals surface area contributed by atoms with E-state index in [2.05, 4.69) is 10.3 Å². The predicted octanol–water partition coefficient (Wildman–Crippen LogP) is 3.60. The zero-order valence-corrected chi connectivity index (χ0v) is 14.9. The lowest BCUT2D eigenvalue weighted by Gasteiger charge is -2.13. The number of carbonyl (C=O) groups excluding carboxylic acids is 1. The highest BCUT2D eigenvalue weighted by Crippen LogP contribution is 2.30. The molecule has 0 spiro atoms. The van der Waals surface area contributed by atoms with Crippen LogP contribution in [0.15, 0.2) is 58.9 Å². The van der Waals surface area contributed by atoms with Crippen molar-refractivity contribution >= 4 is 40.6 Å². The fourth-order valence-electron chi connectivity index (χ4n) is 2.54. The third kappa shape index (κ3) is 3.48. The Balaban J connectivity index is 2.20. The summed E-state index contributed by atoms with van der Waals surface area (Å²) in [5.74, 6) is -0.616. The summed E-state index contributed by atoms with van der Waals surface area (Å²) in [6.07, 6.45) is 0. The van der Waals surface area contributed by atoms with Crippen molar-refractivity contribution in [3.63, 3.8) is 0 Å². The van der Waals surface area contributed by atoms with E-state index in [0.29, 0.717) is 21.5 Å². The van der Waals surface area contributed by atoms with E-state index in [1.54, 1.807) is 24.3 Å². The lowest BCUT2D eigenvalue weighted by Crippen LogP contribution is -2.20. The van der Waals surface area contributed by atoms with Crippen LogP contribution in [0.3, 0.4) is 0 Å². The molecule has 0 saturated heterocycles. The van der Waals surface area contributed by atoms with Crippen LogP contribution in [0.4, 0.5) is 5.69 Å². The molecule has 0 radical (unpaired) electrons. The fourth-order valence-corrected chi connectivity index (χ4v) is 2.93. The molecule has 128 valence electrons. The van der Waals surface area contributed by atoms with Gasteiger partial charge in [0, 0.05) is 26.9 Å². The van der Waals surface area contributed by atoms with Crippen molar-refractivity contribution in [2.24, 2.45) is 10.7 Å². The van der Waals surface area contributed by atoms with Gasteiger partial charge in [-0.15, -0.1) is 0 Å². The topological polar surface area (TPSA) is 76.7 Å². The molecular formula is C18H15Cl2N3O2. The molecule has 1 aliphatic heterocycles. The number of ether oxygens (including phenoxy) is 1. The van der Waals surface area contributed by atoms with Crippen LogP contribution in [0.1, 0.15) is 11.1 Å². The summed E-state index contributed by atoms with van der Waals surface area (Å²) < 4.78 is 4.69. The first-order chi connectivity index (χ1) is 12.0. The predicted molar refractivity (Wildman–Crippen MR) is 100 cm³/mol. The maximum absolute atomic E-state index is 11.8. The van der Waals surface area contributed by atoms with Gasteiger partial charge in [0.25, 0.3) is 0 Å². The zero-order chi connectivity index (χ0) is 18.0. The fraction of sp³-hybridized carbons (Fsp3) is 0.111. The largest absolute Gasteiger partial charge is 0.464 e. The van der Waals surface area contributed by atoms with E-state index in [0.717, 1.165) is 16.8 Å². The van der Waals surface area contributed by atoms with Crippen molar-refractivity contribution in [2.75, 3.05) is 19.0 Å². The second-order valence-electron chi connectivity index (χ2n) is 5.34. The lowest BCUT2D eigenvalue weighted by atomic mass is 10.0. The second kappa shape index (κ2) is 7.17. The van der Waals surface area contributed by atoms with Gasteiger partial charge < -0.3 is 15.8 Å². The summed E-state index contributed by atoms with van der Waals surface area (Å²) in [6.45, 7) is 0.174. The van der Waals surface area contributed by atoms with Crippen molar-refractivity contribution in [3.8, 4) is 0 Å². The number of hydrogen-bond acceptors (Lipinski definition) is 5. The molecule has 1 heterocycles. The number of methoxy groups -OCH3 is 1. The molecule has 5 nitrogen and oxygen atoms in total. The number of aliphatic imine (C=N–C) groups is 1. The summed E-state index contributed by atoms with van der Waals surface area (Å²) in [4.78, 5) is 16.4. The number of nitrogens with one attached hydrogen (secondary N) is 1. The van der Waals surface area contributed by atoms with Crippen molar-refractivity contribution in [1.82, 2.24) is 0 Å². The van der Waals surface area contributed by atoms with Crippen molar-refractivity contribution in [3.05, 3.63) is 75.0 Å². The zero-order valence-electron chi connectivity index (χ0n) is 13.3. The third-order valence-electron chi connectivity index (χ3n) is 3.78. The van der Waals surface area contributed by atoms with Gasteiger partial charge in [-0.25, -0.2) is 4.79 Å². The molecule has 0 bridgehead atoms. The summed E-state index contributed by atoms with van der Waals surface area (Å²) in [7, 11) is 1.28. The molecular weight excluding hydrogens is 361 g/mol. The Bertz CT molecular complexity index is 907. The second-order valence-corrected chi connectivity index (χ2v) is 6.19. The Hall–Kier alpha value is -2.50. The van der Waals surface area contributed by atoms with E-state index in [9.17, 15) is 4.79 Å². The van der Waals surface area contributed by atoms with Crippen LogP contribution in [0, 0.1) is 0 Å². The number of halogens is 2. The molecule has 2 aromatic rings. The van der Waals surface area contributed by atoms with Gasteiger partial charge in [0.05, 0.1) is 25.1 Å². The summed E-state index contributed by atoms with van der Waals surface area (Å²) in [6, 6.07) is 12.7. The number of benzodiazepines with no additional fused rings is 1. The quantitative estimate of drug-likeness (QED) is 0.620. The van der Waals surface area contributed by atoms with Gasteiger partial charge in [-0.2, -0.15) is 0 Å². The number of rotatable bonds is 2. The van der Waals surface area contributed by atoms with E-state index in [4.69, 9.17) is 33.7 Å². The van der Waals surface area contributed by atoms with Crippen LogP contribution in [0.5, 0.6) is 0 Å². The smallest absolute Gasteiger partial charge is 0.355 e. The van der Waals surface area contributed by atoms with Gasteiger partial charge in [0.15, 0.2) is 0 Å². The van der Waals surface area contributed by atoms with Gasteiger partial charge in [0.1, 0.15) is 5.70 Å². The lowest BCUT2D eigenvalue weighted by molar-refractivity contribution is -0.136. The molecule has 0 saturated carbocycles. The van der Waals surface area contributed by atoms with Gasteiger partial charge in [-0.05, 0) is 24.3 Å². The van der Waals surface area contributed by atoms with Gasteiger partial charge in [-0.3, -0.25) is 4.99 Å². The third-order valence-corrected chi connectivity index (χ3v) is 4.34. The van der Waals surface area contributed by atoms with E-state index in [1.807, 2.05) is 18.2 Å². The first-order valence-electron chi connectivity index (χ1n) is 7.44.